The van der Waals surface area contributed by atoms with Gasteiger partial charge in [0.15, 0.2) is 5.82 Å². The highest BCUT2D eigenvalue weighted by atomic mass is 79.9. The molecule has 21 heavy (non-hydrogen) atoms. The molecule has 1 aromatic carbocycles. The molecule has 4 nitrogen and oxygen atoms in total. The molecule has 0 saturated heterocycles. The number of hydrogen-bond donors (Lipinski definition) is 2. The highest BCUT2D eigenvalue weighted by Gasteiger charge is 2.14. The van der Waals surface area contributed by atoms with Crippen LogP contribution in [-0.2, 0) is 0 Å². The average Bonchev–Trinajstić information content (AvgIpc) is 2.87. The van der Waals surface area contributed by atoms with Crippen LogP contribution in [0.5, 0.6) is 5.88 Å². The molecule has 0 fully saturated rings. The fourth-order valence-electron chi connectivity index (χ4n) is 1.90. The quantitative estimate of drug-likeness (QED) is 0.694. The predicted molar refractivity (Wildman–Crippen MR) is 88.0 cm³/mol. The molecule has 0 saturated carbocycles. The van der Waals surface area contributed by atoms with Gasteiger partial charge in [0.1, 0.15) is 5.56 Å². The third-order valence-corrected chi connectivity index (χ3v) is 4.72. The van der Waals surface area contributed by atoms with E-state index in [-0.39, 0.29) is 11.4 Å². The van der Waals surface area contributed by atoms with Crippen molar-refractivity contribution < 1.29 is 5.11 Å². The van der Waals surface area contributed by atoms with Gasteiger partial charge in [-0.2, -0.15) is 4.98 Å². The van der Waals surface area contributed by atoms with Crippen molar-refractivity contribution in [1.29, 1.82) is 0 Å². The molecule has 2 heterocycles. The summed E-state index contributed by atoms with van der Waals surface area (Å²) < 4.78 is 0.918. The van der Waals surface area contributed by atoms with Crippen LogP contribution in [0.3, 0.4) is 0 Å². The number of aromatic nitrogens is 2. The van der Waals surface area contributed by atoms with E-state index in [1.54, 1.807) is 24.3 Å². The van der Waals surface area contributed by atoms with E-state index >= 15 is 0 Å². The lowest BCUT2D eigenvalue weighted by molar-refractivity contribution is 0.454. The van der Waals surface area contributed by atoms with E-state index in [0.717, 1.165) is 8.66 Å². The monoisotopic (exact) mass is 382 g/mol. The van der Waals surface area contributed by atoms with Crippen LogP contribution in [0.1, 0.15) is 0 Å². The van der Waals surface area contributed by atoms with Gasteiger partial charge in [-0.25, -0.2) is 0 Å². The largest absolute Gasteiger partial charge is 0.493 e. The maximum Gasteiger partial charge on any atom is 0.262 e. The highest BCUT2D eigenvalue weighted by molar-refractivity contribution is 9.11. The molecular formula is C14H8BrClN2O2S. The molecule has 0 aliphatic carbocycles. The molecule has 106 valence electrons. The zero-order valence-corrected chi connectivity index (χ0v) is 13.6. The Hall–Kier alpha value is -1.63. The Morgan fingerprint density at radius 2 is 1.90 bits per heavy atom. The van der Waals surface area contributed by atoms with E-state index in [2.05, 4.69) is 25.9 Å². The summed E-state index contributed by atoms with van der Waals surface area (Å²) in [7, 11) is 0. The summed E-state index contributed by atoms with van der Waals surface area (Å²) >= 11 is 10.6. The number of H-pyrrole nitrogens is 1. The zero-order valence-electron chi connectivity index (χ0n) is 10.4. The van der Waals surface area contributed by atoms with Gasteiger partial charge in [0.25, 0.3) is 5.56 Å². The van der Waals surface area contributed by atoms with Crippen LogP contribution in [0.15, 0.2) is 45.0 Å². The third-order valence-electron chi connectivity index (χ3n) is 2.84. The SMILES string of the molecule is O=c1[nH]c(-c2ccc(Br)s2)nc(O)c1-c1ccc(Cl)cc1. The first-order valence-electron chi connectivity index (χ1n) is 5.89. The molecule has 2 aromatic heterocycles. The van der Waals surface area contributed by atoms with Gasteiger partial charge >= 0.3 is 0 Å². The Balaban J connectivity index is 2.12. The summed E-state index contributed by atoms with van der Waals surface area (Å²) in [5.41, 5.74) is 0.292. The van der Waals surface area contributed by atoms with Gasteiger partial charge in [0.05, 0.1) is 8.66 Å². The molecule has 0 radical (unpaired) electrons. The van der Waals surface area contributed by atoms with Crippen LogP contribution in [0.4, 0.5) is 0 Å². The highest BCUT2D eigenvalue weighted by Crippen LogP contribution is 2.31. The van der Waals surface area contributed by atoms with Crippen LogP contribution in [0.2, 0.25) is 5.02 Å². The Kier molecular flexibility index (Phi) is 3.84. The van der Waals surface area contributed by atoms with Crippen molar-refractivity contribution in [3.8, 4) is 27.7 Å². The summed E-state index contributed by atoms with van der Waals surface area (Å²) in [6.07, 6.45) is 0. The maximum absolute atomic E-state index is 12.2. The van der Waals surface area contributed by atoms with Crippen molar-refractivity contribution in [2.45, 2.75) is 0 Å². The lowest BCUT2D eigenvalue weighted by Gasteiger charge is -2.05. The first kappa shape index (κ1) is 14.3. The van der Waals surface area contributed by atoms with Gasteiger partial charge in [-0.1, -0.05) is 23.7 Å². The van der Waals surface area contributed by atoms with Crippen molar-refractivity contribution in [2.75, 3.05) is 0 Å². The Morgan fingerprint density at radius 3 is 2.48 bits per heavy atom. The molecule has 3 aromatic rings. The van der Waals surface area contributed by atoms with Crippen molar-refractivity contribution in [3.05, 3.63) is 55.6 Å². The second-order valence-corrected chi connectivity index (χ2v) is 7.12. The number of aromatic amines is 1. The van der Waals surface area contributed by atoms with Crippen molar-refractivity contribution in [2.24, 2.45) is 0 Å². The van der Waals surface area contributed by atoms with E-state index in [0.29, 0.717) is 16.4 Å². The van der Waals surface area contributed by atoms with E-state index in [9.17, 15) is 9.90 Å². The summed E-state index contributed by atoms with van der Waals surface area (Å²) in [4.78, 5) is 19.8. The van der Waals surface area contributed by atoms with Crippen LogP contribution >= 0.6 is 38.9 Å². The Morgan fingerprint density at radius 1 is 1.19 bits per heavy atom. The molecule has 0 aliphatic heterocycles. The van der Waals surface area contributed by atoms with E-state index in [1.807, 2.05) is 12.1 Å². The topological polar surface area (TPSA) is 66.0 Å². The van der Waals surface area contributed by atoms with Crippen LogP contribution in [0.25, 0.3) is 21.8 Å². The minimum Gasteiger partial charge on any atom is -0.493 e. The second-order valence-electron chi connectivity index (χ2n) is 4.22. The molecule has 0 amide bonds. The normalized spacial score (nSPS) is 10.8. The average molecular weight is 384 g/mol. The van der Waals surface area contributed by atoms with Crippen molar-refractivity contribution in [3.63, 3.8) is 0 Å². The first-order valence-corrected chi connectivity index (χ1v) is 7.88. The predicted octanol–water partition coefficient (Wildman–Crippen LogP) is 4.29. The van der Waals surface area contributed by atoms with Crippen molar-refractivity contribution in [1.82, 2.24) is 9.97 Å². The summed E-state index contributed by atoms with van der Waals surface area (Å²) in [6, 6.07) is 10.3. The summed E-state index contributed by atoms with van der Waals surface area (Å²) in [5.74, 6) is 0.0338. The standard InChI is InChI=1S/C14H8BrClN2O2S/c15-10-6-5-9(21-10)12-17-13(19)11(14(20)18-12)7-1-3-8(16)4-2-7/h1-6H,(H2,17,18,19,20). The molecule has 2 N–H and O–H groups in total. The number of hydrogen-bond acceptors (Lipinski definition) is 4. The maximum atomic E-state index is 12.2. The molecule has 3 rings (SSSR count). The third kappa shape index (κ3) is 2.88. The minimum absolute atomic E-state index is 0.131. The number of benzene rings is 1. The van der Waals surface area contributed by atoms with Crippen molar-refractivity contribution >= 4 is 38.9 Å². The molecule has 0 unspecified atom stereocenters. The smallest absolute Gasteiger partial charge is 0.262 e. The number of halogens is 2. The van der Waals surface area contributed by atoms with Gasteiger partial charge in [0.2, 0.25) is 5.88 Å². The van der Waals surface area contributed by atoms with Crippen LogP contribution < -0.4 is 5.56 Å². The van der Waals surface area contributed by atoms with Gasteiger partial charge in [-0.05, 0) is 45.8 Å². The van der Waals surface area contributed by atoms with Crippen LogP contribution in [-0.4, -0.2) is 15.1 Å². The summed E-state index contributed by atoms with van der Waals surface area (Å²) in [6.45, 7) is 0. The molecule has 0 aliphatic rings. The molecular weight excluding hydrogens is 376 g/mol. The number of rotatable bonds is 2. The second kappa shape index (κ2) is 5.63. The molecule has 0 atom stereocenters. The van der Waals surface area contributed by atoms with Gasteiger partial charge < -0.3 is 10.1 Å². The molecule has 0 spiro atoms. The van der Waals surface area contributed by atoms with Gasteiger partial charge in [0, 0.05) is 5.02 Å². The fraction of sp³-hybridized carbons (Fsp3) is 0. The van der Waals surface area contributed by atoms with E-state index in [1.165, 1.54) is 11.3 Å². The fourth-order valence-corrected chi connectivity index (χ4v) is 3.35. The summed E-state index contributed by atoms with van der Waals surface area (Å²) in [5, 5.41) is 10.6. The Bertz CT molecular complexity index is 858. The lowest BCUT2D eigenvalue weighted by Crippen LogP contribution is -2.11. The van der Waals surface area contributed by atoms with Gasteiger partial charge in [-0.15, -0.1) is 11.3 Å². The number of aromatic hydroxyl groups is 1. The Labute approximate surface area is 137 Å². The zero-order chi connectivity index (χ0) is 15.0. The molecule has 0 bridgehead atoms. The van der Waals surface area contributed by atoms with Gasteiger partial charge in [-0.3, -0.25) is 4.79 Å². The molecule has 7 heteroatoms. The number of thiophene rings is 1. The number of nitrogens with zero attached hydrogens (tertiary/aromatic N) is 1. The van der Waals surface area contributed by atoms with Crippen LogP contribution in [0, 0.1) is 0 Å². The first-order chi connectivity index (χ1) is 10.0. The van der Waals surface area contributed by atoms with E-state index in [4.69, 9.17) is 11.6 Å². The number of nitrogens with one attached hydrogen (secondary N) is 1. The van der Waals surface area contributed by atoms with E-state index < -0.39 is 5.56 Å². The minimum atomic E-state index is -0.399. The lowest BCUT2D eigenvalue weighted by atomic mass is 10.1.